The highest BCUT2D eigenvalue weighted by Gasteiger charge is 2.09. The van der Waals surface area contributed by atoms with Crippen molar-refractivity contribution in [2.75, 3.05) is 12.3 Å². The van der Waals surface area contributed by atoms with Crippen LogP contribution in [0.4, 0.5) is 5.69 Å². The van der Waals surface area contributed by atoms with Gasteiger partial charge in [0.15, 0.2) is 6.61 Å². The fraction of sp³-hybridized carbons (Fsp3) is 0.125. The summed E-state index contributed by atoms with van der Waals surface area (Å²) in [5.41, 5.74) is 7.29. The average Bonchev–Trinajstić information content (AvgIpc) is 2.51. The summed E-state index contributed by atoms with van der Waals surface area (Å²) in [5, 5.41) is 3.25. The van der Waals surface area contributed by atoms with Gasteiger partial charge in [0.25, 0.3) is 5.91 Å². The lowest BCUT2D eigenvalue weighted by molar-refractivity contribution is -0.124. The quantitative estimate of drug-likeness (QED) is 0.655. The molecule has 5 nitrogen and oxygen atoms in total. The highest BCUT2D eigenvalue weighted by atomic mass is 35.5. The first kappa shape index (κ1) is 15.9. The molecule has 0 unspecified atom stereocenters. The third-order valence-corrected chi connectivity index (χ3v) is 3.09. The summed E-state index contributed by atoms with van der Waals surface area (Å²) in [4.78, 5) is 23.4. The van der Waals surface area contributed by atoms with Crippen LogP contribution in [0.2, 0.25) is 5.02 Å². The molecule has 2 rings (SSSR count). The lowest BCUT2D eigenvalue weighted by Gasteiger charge is -2.07. The van der Waals surface area contributed by atoms with Gasteiger partial charge in [-0.2, -0.15) is 0 Å². The minimum Gasteiger partial charge on any atom is -0.452 e. The molecule has 0 radical (unpaired) electrons. The van der Waals surface area contributed by atoms with Crippen molar-refractivity contribution in [1.82, 2.24) is 5.32 Å². The third-order valence-electron chi connectivity index (χ3n) is 2.86. The Bertz CT molecular complexity index is 671. The molecule has 0 aliphatic carbocycles. The fourth-order valence-electron chi connectivity index (χ4n) is 1.73. The third kappa shape index (κ3) is 4.79. The molecule has 2 aromatic carbocycles. The second-order valence-corrected chi connectivity index (χ2v) is 5.04. The van der Waals surface area contributed by atoms with E-state index >= 15 is 0 Å². The normalized spacial score (nSPS) is 10.0. The summed E-state index contributed by atoms with van der Waals surface area (Å²) in [6, 6.07) is 13.4. The summed E-state index contributed by atoms with van der Waals surface area (Å²) in [6.07, 6.45) is 0. The van der Waals surface area contributed by atoms with E-state index in [4.69, 9.17) is 22.1 Å². The van der Waals surface area contributed by atoms with Crippen LogP contribution in [0.15, 0.2) is 48.5 Å². The lowest BCUT2D eigenvalue weighted by atomic mass is 10.2. The van der Waals surface area contributed by atoms with Gasteiger partial charge < -0.3 is 15.8 Å². The number of hydrogen-bond acceptors (Lipinski definition) is 4. The summed E-state index contributed by atoms with van der Waals surface area (Å²) in [5.74, 6) is -0.957. The van der Waals surface area contributed by atoms with Crippen molar-refractivity contribution in [3.63, 3.8) is 0 Å². The summed E-state index contributed by atoms with van der Waals surface area (Å²) < 4.78 is 4.92. The second-order valence-electron chi connectivity index (χ2n) is 4.60. The molecule has 0 aliphatic heterocycles. The first-order chi connectivity index (χ1) is 10.5. The minimum atomic E-state index is -0.571. The van der Waals surface area contributed by atoms with Crippen molar-refractivity contribution in [2.45, 2.75) is 6.54 Å². The number of carbonyl (C=O) groups excluding carboxylic acids is 2. The molecule has 0 atom stereocenters. The van der Waals surface area contributed by atoms with Crippen LogP contribution in [0.1, 0.15) is 15.9 Å². The van der Waals surface area contributed by atoms with Crippen molar-refractivity contribution in [3.8, 4) is 0 Å². The molecule has 6 heteroatoms. The van der Waals surface area contributed by atoms with Gasteiger partial charge in [0.05, 0.1) is 5.56 Å². The summed E-state index contributed by atoms with van der Waals surface area (Å²) in [7, 11) is 0. The maximum Gasteiger partial charge on any atom is 0.338 e. The lowest BCUT2D eigenvalue weighted by Crippen LogP contribution is -2.28. The summed E-state index contributed by atoms with van der Waals surface area (Å²) in [6.45, 7) is -0.0252. The molecule has 22 heavy (non-hydrogen) atoms. The Morgan fingerprint density at radius 1 is 1.14 bits per heavy atom. The van der Waals surface area contributed by atoms with Crippen LogP contribution >= 0.6 is 11.6 Å². The van der Waals surface area contributed by atoms with Gasteiger partial charge >= 0.3 is 5.97 Å². The Hall–Kier alpha value is -2.53. The minimum absolute atomic E-state index is 0.318. The van der Waals surface area contributed by atoms with Crippen LogP contribution < -0.4 is 11.1 Å². The number of benzene rings is 2. The largest absolute Gasteiger partial charge is 0.452 e. The first-order valence-corrected chi connectivity index (χ1v) is 6.96. The number of rotatable bonds is 5. The molecule has 2 aromatic rings. The van der Waals surface area contributed by atoms with Crippen molar-refractivity contribution in [1.29, 1.82) is 0 Å². The number of halogens is 1. The molecular formula is C16H15ClN2O3. The Kier molecular flexibility index (Phi) is 5.38. The SMILES string of the molecule is Nc1ccc(C(=O)OCC(=O)NCc2cccc(Cl)c2)cc1. The van der Waals surface area contributed by atoms with Crippen LogP contribution in [0.5, 0.6) is 0 Å². The molecule has 0 saturated heterocycles. The van der Waals surface area contributed by atoms with Gasteiger partial charge in [0, 0.05) is 17.3 Å². The molecular weight excluding hydrogens is 304 g/mol. The number of esters is 1. The van der Waals surface area contributed by atoms with Gasteiger partial charge in [-0.15, -0.1) is 0 Å². The van der Waals surface area contributed by atoms with Crippen molar-refractivity contribution < 1.29 is 14.3 Å². The van der Waals surface area contributed by atoms with Crippen LogP contribution in [0, 0.1) is 0 Å². The zero-order valence-electron chi connectivity index (χ0n) is 11.7. The molecule has 0 bridgehead atoms. The van der Waals surface area contributed by atoms with E-state index in [0.29, 0.717) is 22.8 Å². The molecule has 1 amide bonds. The topological polar surface area (TPSA) is 81.4 Å². The van der Waals surface area contributed by atoms with E-state index in [9.17, 15) is 9.59 Å². The number of nitrogens with two attached hydrogens (primary N) is 1. The molecule has 114 valence electrons. The van der Waals surface area contributed by atoms with E-state index < -0.39 is 5.97 Å². The van der Waals surface area contributed by atoms with Crippen molar-refractivity contribution >= 4 is 29.2 Å². The molecule has 0 saturated carbocycles. The van der Waals surface area contributed by atoms with Gasteiger partial charge in [-0.1, -0.05) is 23.7 Å². The van der Waals surface area contributed by atoms with E-state index in [1.807, 2.05) is 6.07 Å². The number of nitrogens with one attached hydrogen (secondary N) is 1. The Labute approximate surface area is 133 Å². The van der Waals surface area contributed by atoms with E-state index in [1.165, 1.54) is 0 Å². The van der Waals surface area contributed by atoms with Gasteiger partial charge in [0.1, 0.15) is 0 Å². The van der Waals surface area contributed by atoms with E-state index in [-0.39, 0.29) is 12.5 Å². The highest BCUT2D eigenvalue weighted by molar-refractivity contribution is 6.30. The van der Waals surface area contributed by atoms with Crippen LogP contribution in [0.25, 0.3) is 0 Å². The monoisotopic (exact) mass is 318 g/mol. The number of hydrogen-bond donors (Lipinski definition) is 2. The van der Waals surface area contributed by atoms with Crippen molar-refractivity contribution in [3.05, 3.63) is 64.7 Å². The smallest absolute Gasteiger partial charge is 0.338 e. The molecule has 0 aliphatic rings. The Morgan fingerprint density at radius 2 is 1.86 bits per heavy atom. The van der Waals surface area contributed by atoms with Crippen LogP contribution in [0.3, 0.4) is 0 Å². The molecule has 3 N–H and O–H groups in total. The fourth-order valence-corrected chi connectivity index (χ4v) is 1.95. The van der Waals surface area contributed by atoms with Gasteiger partial charge in [-0.25, -0.2) is 4.79 Å². The predicted molar refractivity (Wildman–Crippen MR) is 84.4 cm³/mol. The van der Waals surface area contributed by atoms with E-state index in [2.05, 4.69) is 5.32 Å². The Morgan fingerprint density at radius 3 is 2.55 bits per heavy atom. The molecule has 0 fully saturated rings. The number of anilines is 1. The number of nitrogen functional groups attached to an aromatic ring is 1. The Balaban J connectivity index is 1.78. The number of amides is 1. The maximum absolute atomic E-state index is 11.7. The molecule has 0 aromatic heterocycles. The standard InChI is InChI=1S/C16H15ClN2O3/c17-13-3-1-2-11(8-13)9-19-15(20)10-22-16(21)12-4-6-14(18)7-5-12/h1-8H,9-10,18H2,(H,19,20). The number of carbonyl (C=O) groups is 2. The van der Waals surface area contributed by atoms with Crippen LogP contribution in [-0.4, -0.2) is 18.5 Å². The average molecular weight is 319 g/mol. The molecule has 0 heterocycles. The second kappa shape index (κ2) is 7.47. The van der Waals surface area contributed by atoms with Gasteiger partial charge in [0.2, 0.25) is 0 Å². The van der Waals surface area contributed by atoms with E-state index in [0.717, 1.165) is 5.56 Å². The maximum atomic E-state index is 11.7. The van der Waals surface area contributed by atoms with Crippen LogP contribution in [-0.2, 0) is 16.1 Å². The van der Waals surface area contributed by atoms with Gasteiger partial charge in [-0.05, 0) is 42.0 Å². The zero-order chi connectivity index (χ0) is 15.9. The number of ether oxygens (including phenoxy) is 1. The molecule has 0 spiro atoms. The zero-order valence-corrected chi connectivity index (χ0v) is 12.5. The first-order valence-electron chi connectivity index (χ1n) is 6.58. The van der Waals surface area contributed by atoms with Gasteiger partial charge in [-0.3, -0.25) is 4.79 Å². The van der Waals surface area contributed by atoms with E-state index in [1.54, 1.807) is 42.5 Å². The highest BCUT2D eigenvalue weighted by Crippen LogP contribution is 2.10. The summed E-state index contributed by atoms with van der Waals surface area (Å²) >= 11 is 5.85. The predicted octanol–water partition coefficient (Wildman–Crippen LogP) is 2.40. The van der Waals surface area contributed by atoms with Crippen molar-refractivity contribution in [2.24, 2.45) is 0 Å².